The van der Waals surface area contributed by atoms with Gasteiger partial charge in [0, 0.05) is 47.8 Å². The van der Waals surface area contributed by atoms with E-state index >= 15 is 0 Å². The number of benzene rings is 1. The minimum absolute atomic E-state index is 0.108. The number of halogens is 1. The van der Waals surface area contributed by atoms with Crippen molar-refractivity contribution >= 4 is 28.4 Å². The molecule has 1 aliphatic heterocycles. The van der Waals surface area contributed by atoms with Crippen LogP contribution in [0.1, 0.15) is 18.4 Å². The quantitative estimate of drug-likeness (QED) is 0.912. The Bertz CT molecular complexity index is 632. The van der Waals surface area contributed by atoms with Crippen LogP contribution in [0.2, 0.25) is 5.02 Å². The molecule has 3 rings (SSSR count). The van der Waals surface area contributed by atoms with Gasteiger partial charge in [-0.05, 0) is 43.0 Å². The molecule has 0 atom stereocenters. The second-order valence-electron chi connectivity index (χ2n) is 5.43. The van der Waals surface area contributed by atoms with Gasteiger partial charge in [-0.1, -0.05) is 11.6 Å². The summed E-state index contributed by atoms with van der Waals surface area (Å²) < 4.78 is 5.28. The first kappa shape index (κ1) is 14.4. The predicted molar refractivity (Wildman–Crippen MR) is 83.6 cm³/mol. The van der Waals surface area contributed by atoms with Crippen LogP contribution in [0.3, 0.4) is 0 Å². The summed E-state index contributed by atoms with van der Waals surface area (Å²) in [6, 6.07) is 5.81. The molecule has 1 aromatic carbocycles. The van der Waals surface area contributed by atoms with Gasteiger partial charge in [-0.25, -0.2) is 0 Å². The zero-order valence-electron chi connectivity index (χ0n) is 11.8. The molecule has 0 bridgehead atoms. The van der Waals surface area contributed by atoms with Crippen molar-refractivity contribution in [1.29, 1.82) is 0 Å². The van der Waals surface area contributed by atoms with Crippen LogP contribution >= 0.6 is 11.6 Å². The number of hydrogen-bond donors (Lipinski definition) is 2. The monoisotopic (exact) mass is 306 g/mol. The predicted octanol–water partition coefficient (Wildman–Crippen LogP) is 2.91. The standard InChI is InChI=1S/C16H19ClN2O2/c17-13-1-2-15-14(9-13)12(10-19-15)3-6-18-16(20)11-4-7-21-8-5-11/h1-2,9-11,19H,3-8H2,(H,18,20). The topological polar surface area (TPSA) is 54.1 Å². The van der Waals surface area contributed by atoms with E-state index in [-0.39, 0.29) is 11.8 Å². The van der Waals surface area contributed by atoms with Gasteiger partial charge in [0.15, 0.2) is 0 Å². The van der Waals surface area contributed by atoms with Crippen molar-refractivity contribution in [2.75, 3.05) is 19.8 Å². The first-order valence-corrected chi connectivity index (χ1v) is 7.73. The number of ether oxygens (including phenoxy) is 1. The highest BCUT2D eigenvalue weighted by Gasteiger charge is 2.20. The van der Waals surface area contributed by atoms with Crippen molar-refractivity contribution in [3.8, 4) is 0 Å². The third kappa shape index (κ3) is 3.39. The Morgan fingerprint density at radius 2 is 2.19 bits per heavy atom. The summed E-state index contributed by atoms with van der Waals surface area (Å²) in [5, 5.41) is 4.89. The molecular formula is C16H19ClN2O2. The fraction of sp³-hybridized carbons (Fsp3) is 0.438. The lowest BCUT2D eigenvalue weighted by Crippen LogP contribution is -2.35. The molecule has 1 fully saturated rings. The molecule has 0 radical (unpaired) electrons. The van der Waals surface area contributed by atoms with Gasteiger partial charge < -0.3 is 15.0 Å². The van der Waals surface area contributed by atoms with Crippen LogP contribution in [0, 0.1) is 5.92 Å². The van der Waals surface area contributed by atoms with Crippen molar-refractivity contribution in [2.45, 2.75) is 19.3 Å². The molecule has 1 amide bonds. The van der Waals surface area contributed by atoms with E-state index in [2.05, 4.69) is 10.3 Å². The van der Waals surface area contributed by atoms with E-state index in [1.807, 2.05) is 24.4 Å². The number of carbonyl (C=O) groups excluding carboxylic acids is 1. The lowest BCUT2D eigenvalue weighted by molar-refractivity contribution is -0.127. The minimum atomic E-state index is 0.108. The molecule has 4 nitrogen and oxygen atoms in total. The number of amides is 1. The highest BCUT2D eigenvalue weighted by molar-refractivity contribution is 6.31. The Labute approximate surface area is 128 Å². The molecule has 0 spiro atoms. The van der Waals surface area contributed by atoms with E-state index in [1.165, 1.54) is 5.56 Å². The zero-order valence-corrected chi connectivity index (χ0v) is 12.6. The second kappa shape index (κ2) is 6.50. The molecule has 1 aliphatic rings. The van der Waals surface area contributed by atoms with Crippen LogP contribution in [0.15, 0.2) is 24.4 Å². The summed E-state index contributed by atoms with van der Waals surface area (Å²) >= 11 is 6.04. The molecule has 5 heteroatoms. The molecule has 112 valence electrons. The molecule has 0 aliphatic carbocycles. The molecule has 2 heterocycles. The van der Waals surface area contributed by atoms with Gasteiger partial charge in [0.2, 0.25) is 5.91 Å². The van der Waals surface area contributed by atoms with E-state index in [0.717, 1.165) is 35.2 Å². The minimum Gasteiger partial charge on any atom is -0.381 e. The fourth-order valence-electron chi connectivity index (χ4n) is 2.78. The molecule has 0 saturated carbocycles. The van der Waals surface area contributed by atoms with Gasteiger partial charge in [-0.3, -0.25) is 4.79 Å². The van der Waals surface area contributed by atoms with Gasteiger partial charge in [0.05, 0.1) is 0 Å². The number of nitrogens with one attached hydrogen (secondary N) is 2. The molecule has 1 saturated heterocycles. The smallest absolute Gasteiger partial charge is 0.223 e. The molecule has 21 heavy (non-hydrogen) atoms. The van der Waals surface area contributed by atoms with E-state index in [1.54, 1.807) is 0 Å². The summed E-state index contributed by atoms with van der Waals surface area (Å²) in [6.45, 7) is 2.04. The molecule has 2 N–H and O–H groups in total. The van der Waals surface area contributed by atoms with Gasteiger partial charge in [0.25, 0.3) is 0 Å². The zero-order chi connectivity index (χ0) is 14.7. The Kier molecular flexibility index (Phi) is 4.46. The maximum Gasteiger partial charge on any atom is 0.223 e. The lowest BCUT2D eigenvalue weighted by Gasteiger charge is -2.21. The average Bonchev–Trinajstić information content (AvgIpc) is 2.90. The molecule has 0 unspecified atom stereocenters. The van der Waals surface area contributed by atoms with Crippen molar-refractivity contribution in [3.05, 3.63) is 35.0 Å². The van der Waals surface area contributed by atoms with Crippen LogP contribution in [0.25, 0.3) is 10.9 Å². The Hall–Kier alpha value is -1.52. The van der Waals surface area contributed by atoms with Crippen molar-refractivity contribution in [3.63, 3.8) is 0 Å². The number of aromatic amines is 1. The first-order valence-electron chi connectivity index (χ1n) is 7.35. The highest BCUT2D eigenvalue weighted by Crippen LogP contribution is 2.22. The maximum atomic E-state index is 12.0. The number of H-pyrrole nitrogens is 1. The maximum absolute atomic E-state index is 12.0. The summed E-state index contributed by atoms with van der Waals surface area (Å²) in [6.07, 6.45) is 4.44. The first-order chi connectivity index (χ1) is 10.2. The second-order valence-corrected chi connectivity index (χ2v) is 5.87. The van der Waals surface area contributed by atoms with E-state index in [0.29, 0.717) is 19.8 Å². The third-order valence-corrected chi connectivity index (χ3v) is 4.25. The summed E-state index contributed by atoms with van der Waals surface area (Å²) in [5.41, 5.74) is 2.25. The largest absolute Gasteiger partial charge is 0.381 e. The fourth-order valence-corrected chi connectivity index (χ4v) is 2.95. The van der Waals surface area contributed by atoms with E-state index < -0.39 is 0 Å². The van der Waals surface area contributed by atoms with Crippen LogP contribution in [-0.2, 0) is 16.0 Å². The number of rotatable bonds is 4. The Balaban J connectivity index is 1.56. The van der Waals surface area contributed by atoms with E-state index in [4.69, 9.17) is 16.3 Å². The average molecular weight is 307 g/mol. The van der Waals surface area contributed by atoms with Gasteiger partial charge in [0.1, 0.15) is 0 Å². The summed E-state index contributed by atoms with van der Waals surface area (Å²) in [7, 11) is 0. The Morgan fingerprint density at radius 1 is 1.38 bits per heavy atom. The summed E-state index contributed by atoms with van der Waals surface area (Å²) in [4.78, 5) is 15.3. The van der Waals surface area contributed by atoms with Crippen LogP contribution in [-0.4, -0.2) is 30.6 Å². The number of hydrogen-bond acceptors (Lipinski definition) is 2. The lowest BCUT2D eigenvalue weighted by atomic mass is 9.99. The van der Waals surface area contributed by atoms with E-state index in [9.17, 15) is 4.79 Å². The highest BCUT2D eigenvalue weighted by atomic mass is 35.5. The number of aromatic nitrogens is 1. The van der Waals surface area contributed by atoms with Crippen LogP contribution in [0.5, 0.6) is 0 Å². The van der Waals surface area contributed by atoms with Crippen LogP contribution < -0.4 is 5.32 Å². The molecule has 2 aromatic rings. The normalized spacial score (nSPS) is 16.2. The number of carbonyl (C=O) groups is 1. The SMILES string of the molecule is O=C(NCCc1c[nH]c2ccc(Cl)cc12)C1CCOCC1. The Morgan fingerprint density at radius 3 is 3.00 bits per heavy atom. The van der Waals surface area contributed by atoms with Gasteiger partial charge in [-0.2, -0.15) is 0 Å². The molecular weight excluding hydrogens is 288 g/mol. The molecule has 1 aromatic heterocycles. The summed E-state index contributed by atoms with van der Waals surface area (Å²) in [5.74, 6) is 0.257. The van der Waals surface area contributed by atoms with Gasteiger partial charge >= 0.3 is 0 Å². The van der Waals surface area contributed by atoms with Crippen molar-refractivity contribution < 1.29 is 9.53 Å². The van der Waals surface area contributed by atoms with Crippen molar-refractivity contribution in [2.24, 2.45) is 5.92 Å². The van der Waals surface area contributed by atoms with Crippen LogP contribution in [0.4, 0.5) is 0 Å². The van der Waals surface area contributed by atoms with Gasteiger partial charge in [-0.15, -0.1) is 0 Å². The van der Waals surface area contributed by atoms with Crippen molar-refractivity contribution in [1.82, 2.24) is 10.3 Å². The number of fused-ring (bicyclic) bond motifs is 1. The third-order valence-electron chi connectivity index (χ3n) is 4.02.